The number of carbonyl (C=O) groups excluding carboxylic acids is 2. The van der Waals surface area contributed by atoms with Gasteiger partial charge in [-0.1, -0.05) is 18.2 Å². The summed E-state index contributed by atoms with van der Waals surface area (Å²) in [7, 11) is 1.64. The van der Waals surface area contributed by atoms with E-state index in [0.717, 1.165) is 41.9 Å². The number of anilines is 1. The first kappa shape index (κ1) is 18.0. The minimum atomic E-state index is -0.103. The van der Waals surface area contributed by atoms with Crippen LogP contribution in [0.3, 0.4) is 0 Å². The number of aryl methyl sites for hydroxylation is 1. The molecule has 3 rings (SSSR count). The Balaban J connectivity index is 1.64. The molecule has 2 N–H and O–H groups in total. The summed E-state index contributed by atoms with van der Waals surface area (Å²) in [6.45, 7) is 0. The Hall–Kier alpha value is -1.79. The Bertz CT molecular complexity index is 756. The van der Waals surface area contributed by atoms with Gasteiger partial charge >= 0.3 is 0 Å². The van der Waals surface area contributed by atoms with E-state index in [9.17, 15) is 9.59 Å². The maximum absolute atomic E-state index is 12.3. The highest BCUT2D eigenvalue weighted by molar-refractivity contribution is 7.99. The van der Waals surface area contributed by atoms with Gasteiger partial charge < -0.3 is 10.6 Å². The first-order valence-corrected chi connectivity index (χ1v) is 10.3. The molecular formula is C19H22N2O2S2. The monoisotopic (exact) mass is 374 g/mol. The van der Waals surface area contributed by atoms with Crippen LogP contribution in [0.1, 0.15) is 40.1 Å². The van der Waals surface area contributed by atoms with Crippen LogP contribution in [0, 0.1) is 0 Å². The van der Waals surface area contributed by atoms with E-state index in [2.05, 4.69) is 10.6 Å². The van der Waals surface area contributed by atoms with Gasteiger partial charge in [0.2, 0.25) is 5.91 Å². The number of benzene rings is 1. The smallest absolute Gasteiger partial charge is 0.254 e. The Morgan fingerprint density at radius 1 is 1.16 bits per heavy atom. The van der Waals surface area contributed by atoms with Gasteiger partial charge in [-0.05, 0) is 43.4 Å². The summed E-state index contributed by atoms with van der Waals surface area (Å²) >= 11 is 3.23. The van der Waals surface area contributed by atoms with Crippen LogP contribution in [0.5, 0.6) is 0 Å². The third-order valence-electron chi connectivity index (χ3n) is 4.22. The van der Waals surface area contributed by atoms with Crippen molar-refractivity contribution in [3.05, 3.63) is 46.3 Å². The van der Waals surface area contributed by atoms with Crippen molar-refractivity contribution in [3.63, 3.8) is 0 Å². The second-order valence-electron chi connectivity index (χ2n) is 5.95. The summed E-state index contributed by atoms with van der Waals surface area (Å²) in [6, 6.07) is 10.1. The summed E-state index contributed by atoms with van der Waals surface area (Å²) in [4.78, 5) is 27.0. The number of rotatable bonds is 6. The average Bonchev–Trinajstić information content (AvgIpc) is 2.99. The first-order valence-electron chi connectivity index (χ1n) is 8.53. The van der Waals surface area contributed by atoms with Crippen molar-refractivity contribution in [3.8, 4) is 0 Å². The van der Waals surface area contributed by atoms with Gasteiger partial charge in [0.1, 0.15) is 5.00 Å². The number of amides is 2. The molecule has 2 amide bonds. The van der Waals surface area contributed by atoms with Gasteiger partial charge in [0, 0.05) is 29.0 Å². The molecule has 0 saturated carbocycles. The lowest BCUT2D eigenvalue weighted by Gasteiger charge is -2.12. The number of thioether (sulfide) groups is 1. The Morgan fingerprint density at radius 3 is 2.68 bits per heavy atom. The molecule has 0 atom stereocenters. The lowest BCUT2D eigenvalue weighted by Crippen LogP contribution is -2.22. The minimum Gasteiger partial charge on any atom is -0.355 e. The van der Waals surface area contributed by atoms with Crippen molar-refractivity contribution in [2.24, 2.45) is 0 Å². The lowest BCUT2D eigenvalue weighted by atomic mass is 9.95. The number of thiophene rings is 1. The van der Waals surface area contributed by atoms with Crippen molar-refractivity contribution in [2.45, 2.75) is 37.0 Å². The summed E-state index contributed by atoms with van der Waals surface area (Å²) < 4.78 is 0. The molecule has 0 bridgehead atoms. The van der Waals surface area contributed by atoms with Gasteiger partial charge in [0.15, 0.2) is 0 Å². The molecule has 25 heavy (non-hydrogen) atoms. The summed E-state index contributed by atoms with van der Waals surface area (Å²) in [5.41, 5.74) is 1.80. The van der Waals surface area contributed by atoms with Crippen molar-refractivity contribution >= 4 is 39.9 Å². The Labute approximate surface area is 156 Å². The van der Waals surface area contributed by atoms with E-state index < -0.39 is 0 Å². The van der Waals surface area contributed by atoms with Crippen molar-refractivity contribution in [2.75, 3.05) is 18.1 Å². The van der Waals surface area contributed by atoms with Gasteiger partial charge in [0.25, 0.3) is 5.91 Å². The number of carbonyl (C=O) groups is 2. The minimum absolute atomic E-state index is 0.0350. The molecule has 1 heterocycles. The van der Waals surface area contributed by atoms with Gasteiger partial charge in [-0.2, -0.15) is 0 Å². The van der Waals surface area contributed by atoms with E-state index >= 15 is 0 Å². The van der Waals surface area contributed by atoms with Crippen molar-refractivity contribution in [1.82, 2.24) is 5.32 Å². The van der Waals surface area contributed by atoms with E-state index in [4.69, 9.17) is 0 Å². The summed E-state index contributed by atoms with van der Waals surface area (Å²) in [6.07, 6.45) is 4.62. The van der Waals surface area contributed by atoms with Crippen LogP contribution >= 0.6 is 23.1 Å². The largest absolute Gasteiger partial charge is 0.355 e. The van der Waals surface area contributed by atoms with Crippen LogP contribution in [0.25, 0.3) is 0 Å². The predicted molar refractivity (Wildman–Crippen MR) is 105 cm³/mol. The second-order valence-corrected chi connectivity index (χ2v) is 8.23. The number of hydrogen-bond donors (Lipinski definition) is 2. The topological polar surface area (TPSA) is 58.2 Å². The standard InChI is InChI=1S/C19H22N2O2S2/c1-20-18(23)17-14-9-5-6-10-15(14)25-19(17)21-16(22)11-12-24-13-7-3-2-4-8-13/h2-4,7-8H,5-6,9-12H2,1H3,(H,20,23)(H,21,22). The summed E-state index contributed by atoms with van der Waals surface area (Å²) in [5.74, 6) is 0.580. The maximum atomic E-state index is 12.3. The molecule has 1 aromatic carbocycles. The van der Waals surface area contributed by atoms with Crippen molar-refractivity contribution < 1.29 is 9.59 Å². The zero-order chi connectivity index (χ0) is 17.6. The predicted octanol–water partition coefficient (Wildman–Crippen LogP) is 4.11. The van der Waals surface area contributed by atoms with E-state index in [-0.39, 0.29) is 11.8 Å². The fourth-order valence-corrected chi connectivity index (χ4v) is 5.16. The van der Waals surface area contributed by atoms with Gasteiger partial charge in [-0.3, -0.25) is 9.59 Å². The van der Waals surface area contributed by atoms with E-state index in [1.807, 2.05) is 30.3 Å². The molecule has 0 unspecified atom stereocenters. The second kappa shape index (κ2) is 8.54. The van der Waals surface area contributed by atoms with Crippen LogP contribution < -0.4 is 10.6 Å². The fourth-order valence-electron chi connectivity index (χ4n) is 2.99. The Morgan fingerprint density at radius 2 is 1.92 bits per heavy atom. The van der Waals surface area contributed by atoms with Crippen LogP contribution in [-0.4, -0.2) is 24.6 Å². The highest BCUT2D eigenvalue weighted by Crippen LogP contribution is 2.38. The molecule has 0 fully saturated rings. The molecule has 1 aliphatic carbocycles. The molecule has 1 aliphatic rings. The number of hydrogen-bond acceptors (Lipinski definition) is 4. The van der Waals surface area contributed by atoms with Gasteiger partial charge in [0.05, 0.1) is 5.56 Å². The quantitative estimate of drug-likeness (QED) is 0.748. The first-order chi connectivity index (χ1) is 12.2. The van der Waals surface area contributed by atoms with Crippen molar-refractivity contribution in [1.29, 1.82) is 0 Å². The molecule has 4 nitrogen and oxygen atoms in total. The molecule has 1 aromatic heterocycles. The highest BCUT2D eigenvalue weighted by atomic mass is 32.2. The fraction of sp³-hybridized carbons (Fsp3) is 0.368. The molecule has 6 heteroatoms. The molecule has 2 aromatic rings. The molecular weight excluding hydrogens is 352 g/mol. The van der Waals surface area contributed by atoms with Gasteiger partial charge in [-0.15, -0.1) is 23.1 Å². The highest BCUT2D eigenvalue weighted by Gasteiger charge is 2.25. The SMILES string of the molecule is CNC(=O)c1c(NC(=O)CCSc2ccccc2)sc2c1CCCC2. The lowest BCUT2D eigenvalue weighted by molar-refractivity contribution is -0.115. The van der Waals surface area contributed by atoms with Crippen LogP contribution in [0.15, 0.2) is 35.2 Å². The van der Waals surface area contributed by atoms with Crippen LogP contribution in [0.4, 0.5) is 5.00 Å². The third-order valence-corrected chi connectivity index (χ3v) is 6.44. The summed E-state index contributed by atoms with van der Waals surface area (Å²) in [5, 5.41) is 6.39. The molecule has 0 aliphatic heterocycles. The van der Waals surface area contributed by atoms with Gasteiger partial charge in [-0.25, -0.2) is 0 Å². The molecule has 132 valence electrons. The molecule has 0 radical (unpaired) electrons. The Kier molecular flexibility index (Phi) is 6.15. The third kappa shape index (κ3) is 4.44. The van der Waals surface area contributed by atoms with Crippen LogP contribution in [0.2, 0.25) is 0 Å². The van der Waals surface area contributed by atoms with E-state index in [1.165, 1.54) is 4.88 Å². The normalized spacial score (nSPS) is 13.2. The average molecular weight is 375 g/mol. The number of fused-ring (bicyclic) bond motifs is 1. The van der Waals surface area contributed by atoms with Crippen LogP contribution in [-0.2, 0) is 17.6 Å². The van der Waals surface area contributed by atoms with E-state index in [0.29, 0.717) is 17.0 Å². The zero-order valence-electron chi connectivity index (χ0n) is 14.3. The molecule has 0 spiro atoms. The maximum Gasteiger partial charge on any atom is 0.254 e. The molecule has 0 saturated heterocycles. The number of nitrogens with one attached hydrogen (secondary N) is 2. The zero-order valence-corrected chi connectivity index (χ0v) is 15.9. The van der Waals surface area contributed by atoms with E-state index in [1.54, 1.807) is 30.1 Å².